The van der Waals surface area contributed by atoms with Crippen molar-refractivity contribution in [2.45, 2.75) is 26.8 Å². The van der Waals surface area contributed by atoms with Crippen molar-refractivity contribution in [1.82, 2.24) is 5.32 Å². The molecule has 2 heteroatoms. The van der Waals surface area contributed by atoms with Gasteiger partial charge in [0.25, 0.3) is 0 Å². The Morgan fingerprint density at radius 3 is 2.40 bits per heavy atom. The third-order valence-electron chi connectivity index (χ3n) is 2.30. The first kappa shape index (κ1) is 11.5. The van der Waals surface area contributed by atoms with Crippen LogP contribution in [0.2, 0.25) is 0 Å². The molecule has 0 saturated carbocycles. The molecule has 1 amide bonds. The number of hydrogen-bond donors (Lipinski definition) is 1. The number of nitrogens with one attached hydrogen (secondary N) is 1. The lowest BCUT2D eigenvalue weighted by Crippen LogP contribution is -2.31. The van der Waals surface area contributed by atoms with E-state index < -0.39 is 0 Å². The van der Waals surface area contributed by atoms with Crippen LogP contribution in [0.4, 0.5) is 0 Å². The van der Waals surface area contributed by atoms with E-state index in [0.29, 0.717) is 0 Å². The predicted octanol–water partition coefficient (Wildman–Crippen LogP) is 2.61. The molecule has 1 aromatic rings. The highest BCUT2D eigenvalue weighted by molar-refractivity contribution is 5.74. The molecule has 1 rings (SSSR count). The minimum Gasteiger partial charge on any atom is -0.350 e. The maximum atomic E-state index is 10.9. The minimum absolute atomic E-state index is 0.00307. The first-order valence-corrected chi connectivity index (χ1v) is 5.10. The van der Waals surface area contributed by atoms with Gasteiger partial charge in [-0.15, -0.1) is 0 Å². The Labute approximate surface area is 91.0 Å². The summed E-state index contributed by atoms with van der Waals surface area (Å²) in [6, 6.07) is 10.2. The topological polar surface area (TPSA) is 29.1 Å². The Balaban J connectivity index is 2.71. The lowest BCUT2D eigenvalue weighted by atomic mass is 10.1. The molecule has 0 fully saturated rings. The van der Waals surface area contributed by atoms with Crippen LogP contribution in [0.3, 0.4) is 0 Å². The number of rotatable bonds is 3. The van der Waals surface area contributed by atoms with Crippen molar-refractivity contribution in [3.63, 3.8) is 0 Å². The molecule has 1 aromatic carbocycles. The van der Waals surface area contributed by atoms with Crippen LogP contribution in [0.25, 0.3) is 6.08 Å². The van der Waals surface area contributed by atoms with Gasteiger partial charge in [-0.05, 0) is 19.4 Å². The second-order valence-electron chi connectivity index (χ2n) is 3.72. The Morgan fingerprint density at radius 1 is 1.27 bits per heavy atom. The highest BCUT2D eigenvalue weighted by atomic mass is 16.1. The quantitative estimate of drug-likeness (QED) is 0.803. The van der Waals surface area contributed by atoms with Crippen molar-refractivity contribution in [2.75, 3.05) is 0 Å². The van der Waals surface area contributed by atoms with E-state index in [0.717, 1.165) is 11.1 Å². The molecule has 1 N–H and O–H groups in total. The second kappa shape index (κ2) is 5.35. The Bertz CT molecular complexity index is 354. The average Bonchev–Trinajstić information content (AvgIpc) is 2.18. The fraction of sp³-hybridized carbons (Fsp3) is 0.308. The molecule has 0 aliphatic heterocycles. The van der Waals surface area contributed by atoms with E-state index in [2.05, 4.69) is 11.4 Å². The summed E-state index contributed by atoms with van der Waals surface area (Å²) in [6.07, 6.45) is 2.08. The lowest BCUT2D eigenvalue weighted by Gasteiger charge is -2.13. The van der Waals surface area contributed by atoms with E-state index in [9.17, 15) is 4.79 Å². The number of benzene rings is 1. The Morgan fingerprint density at radius 2 is 1.87 bits per heavy atom. The van der Waals surface area contributed by atoms with Crippen LogP contribution in [0.5, 0.6) is 0 Å². The second-order valence-corrected chi connectivity index (χ2v) is 3.72. The first-order valence-electron chi connectivity index (χ1n) is 5.10. The van der Waals surface area contributed by atoms with Gasteiger partial charge in [0.15, 0.2) is 0 Å². The molecule has 15 heavy (non-hydrogen) atoms. The van der Waals surface area contributed by atoms with Crippen LogP contribution in [0, 0.1) is 0 Å². The van der Waals surface area contributed by atoms with Gasteiger partial charge in [0, 0.05) is 13.0 Å². The molecule has 0 spiro atoms. The molecule has 0 radical (unpaired) electrons. The van der Waals surface area contributed by atoms with Gasteiger partial charge in [-0.1, -0.05) is 42.0 Å². The molecule has 1 atom stereocenters. The monoisotopic (exact) mass is 203 g/mol. The molecule has 0 aliphatic rings. The Kier molecular flexibility index (Phi) is 4.10. The summed E-state index contributed by atoms with van der Waals surface area (Å²) in [4.78, 5) is 10.9. The first-order chi connectivity index (χ1) is 7.09. The van der Waals surface area contributed by atoms with Gasteiger partial charge in [-0.25, -0.2) is 0 Å². The van der Waals surface area contributed by atoms with Crippen LogP contribution in [-0.2, 0) is 4.79 Å². The number of hydrogen-bond acceptors (Lipinski definition) is 1. The maximum absolute atomic E-state index is 10.9. The fourth-order valence-corrected chi connectivity index (χ4v) is 1.36. The zero-order chi connectivity index (χ0) is 11.3. The third kappa shape index (κ3) is 3.98. The molecule has 2 nitrogen and oxygen atoms in total. The molecule has 80 valence electrons. The van der Waals surface area contributed by atoms with Crippen molar-refractivity contribution in [2.24, 2.45) is 0 Å². The van der Waals surface area contributed by atoms with Crippen molar-refractivity contribution in [3.8, 4) is 0 Å². The van der Waals surface area contributed by atoms with Crippen molar-refractivity contribution >= 4 is 12.0 Å². The van der Waals surface area contributed by atoms with Gasteiger partial charge < -0.3 is 5.32 Å². The van der Waals surface area contributed by atoms with Crippen molar-refractivity contribution < 1.29 is 4.79 Å². The van der Waals surface area contributed by atoms with E-state index in [1.54, 1.807) is 0 Å². The molecule has 0 heterocycles. The SMILES string of the molecule is CC(=O)N[C@@H](C)/C(C)=C/c1ccccc1. The Hall–Kier alpha value is -1.57. The summed E-state index contributed by atoms with van der Waals surface area (Å²) in [6.45, 7) is 5.54. The zero-order valence-electron chi connectivity index (χ0n) is 9.45. The van der Waals surface area contributed by atoms with E-state index in [1.165, 1.54) is 6.92 Å². The maximum Gasteiger partial charge on any atom is 0.217 e. The van der Waals surface area contributed by atoms with Crippen molar-refractivity contribution in [3.05, 3.63) is 41.5 Å². The lowest BCUT2D eigenvalue weighted by molar-refractivity contribution is -0.119. The average molecular weight is 203 g/mol. The molecule has 0 bridgehead atoms. The van der Waals surface area contributed by atoms with E-state index in [1.807, 2.05) is 44.2 Å². The van der Waals surface area contributed by atoms with Gasteiger partial charge in [-0.2, -0.15) is 0 Å². The predicted molar refractivity (Wildman–Crippen MR) is 63.4 cm³/mol. The molecule has 0 unspecified atom stereocenters. The summed E-state index contributed by atoms with van der Waals surface area (Å²) in [7, 11) is 0. The molecular weight excluding hydrogens is 186 g/mol. The van der Waals surface area contributed by atoms with Gasteiger partial charge in [0.1, 0.15) is 0 Å². The van der Waals surface area contributed by atoms with Gasteiger partial charge in [-0.3, -0.25) is 4.79 Å². The molecular formula is C13H17NO. The summed E-state index contributed by atoms with van der Waals surface area (Å²) >= 11 is 0. The highest BCUT2D eigenvalue weighted by Crippen LogP contribution is 2.09. The summed E-state index contributed by atoms with van der Waals surface area (Å²) in [5.41, 5.74) is 2.31. The van der Waals surface area contributed by atoms with Crippen LogP contribution in [-0.4, -0.2) is 11.9 Å². The number of carbonyl (C=O) groups excluding carboxylic acids is 1. The summed E-state index contributed by atoms with van der Waals surface area (Å²) in [5, 5.41) is 2.86. The smallest absolute Gasteiger partial charge is 0.217 e. The van der Waals surface area contributed by atoms with Crippen LogP contribution < -0.4 is 5.32 Å². The molecule has 0 saturated heterocycles. The molecule has 0 aromatic heterocycles. The zero-order valence-corrected chi connectivity index (χ0v) is 9.45. The molecule has 0 aliphatic carbocycles. The minimum atomic E-state index is 0.00307. The summed E-state index contributed by atoms with van der Waals surface area (Å²) in [5.74, 6) is 0.00307. The third-order valence-corrected chi connectivity index (χ3v) is 2.30. The van der Waals surface area contributed by atoms with Crippen LogP contribution in [0.15, 0.2) is 35.9 Å². The van der Waals surface area contributed by atoms with E-state index >= 15 is 0 Å². The largest absolute Gasteiger partial charge is 0.350 e. The number of amides is 1. The van der Waals surface area contributed by atoms with Crippen LogP contribution >= 0.6 is 0 Å². The van der Waals surface area contributed by atoms with E-state index in [4.69, 9.17) is 0 Å². The van der Waals surface area contributed by atoms with Gasteiger partial charge >= 0.3 is 0 Å². The van der Waals surface area contributed by atoms with E-state index in [-0.39, 0.29) is 11.9 Å². The summed E-state index contributed by atoms with van der Waals surface area (Å²) < 4.78 is 0. The normalized spacial score (nSPS) is 13.4. The standard InChI is InChI=1S/C13H17NO/c1-10(11(2)14-12(3)15)9-13-7-5-4-6-8-13/h4-9,11H,1-3H3,(H,14,15)/b10-9+/t11-/m0/s1. The van der Waals surface area contributed by atoms with Crippen LogP contribution in [0.1, 0.15) is 26.3 Å². The number of carbonyl (C=O) groups is 1. The van der Waals surface area contributed by atoms with Gasteiger partial charge in [0.05, 0.1) is 0 Å². The van der Waals surface area contributed by atoms with Crippen molar-refractivity contribution in [1.29, 1.82) is 0 Å². The highest BCUT2D eigenvalue weighted by Gasteiger charge is 2.04. The fourth-order valence-electron chi connectivity index (χ4n) is 1.36. The van der Waals surface area contributed by atoms with Gasteiger partial charge in [0.2, 0.25) is 5.91 Å².